The molecule has 1 N–H and O–H groups in total. The maximum absolute atomic E-state index is 12.6. The summed E-state index contributed by atoms with van der Waals surface area (Å²) in [6.07, 6.45) is 2.29. The fraction of sp³-hybridized carbons (Fsp3) is 0.381. The number of benzene rings is 2. The lowest BCUT2D eigenvalue weighted by atomic mass is 10.0. The zero-order valence-corrected chi connectivity index (χ0v) is 17.0. The highest BCUT2D eigenvalue weighted by Crippen LogP contribution is 2.28. The van der Waals surface area contributed by atoms with Crippen molar-refractivity contribution in [3.63, 3.8) is 0 Å². The Morgan fingerprint density at radius 2 is 1.96 bits per heavy atom. The van der Waals surface area contributed by atoms with Crippen LogP contribution in [0, 0.1) is 20.8 Å². The molecule has 1 fully saturated rings. The molecule has 4 nitrogen and oxygen atoms in total. The first kappa shape index (κ1) is 18.9. The molecule has 2 aromatic carbocycles. The van der Waals surface area contributed by atoms with Crippen LogP contribution in [-0.4, -0.2) is 25.2 Å². The number of nitrogens with one attached hydrogen (secondary N) is 1. The molecule has 5 heteroatoms. The van der Waals surface area contributed by atoms with Gasteiger partial charge in [0.25, 0.3) is 5.91 Å². The maximum atomic E-state index is 12.6. The highest BCUT2D eigenvalue weighted by Gasteiger charge is 2.17. The van der Waals surface area contributed by atoms with Crippen molar-refractivity contribution < 1.29 is 14.3 Å². The first-order chi connectivity index (χ1) is 12.4. The third-order valence-electron chi connectivity index (χ3n) is 4.56. The number of hydrogen-bond acceptors (Lipinski definition) is 3. The molecule has 0 aliphatic carbocycles. The summed E-state index contributed by atoms with van der Waals surface area (Å²) in [4.78, 5) is 12.6. The minimum atomic E-state index is -0.133. The molecule has 2 aromatic rings. The quantitative estimate of drug-likeness (QED) is 0.728. The Morgan fingerprint density at radius 3 is 2.58 bits per heavy atom. The fourth-order valence-electron chi connectivity index (χ4n) is 3.28. The van der Waals surface area contributed by atoms with Crippen molar-refractivity contribution in [1.29, 1.82) is 0 Å². The molecule has 1 heterocycles. The summed E-state index contributed by atoms with van der Waals surface area (Å²) < 4.78 is 12.2. The molecule has 0 aromatic heterocycles. The molecule has 0 radical (unpaired) electrons. The maximum Gasteiger partial charge on any atom is 0.255 e. The van der Waals surface area contributed by atoms with Crippen LogP contribution in [-0.2, 0) is 4.74 Å². The van der Waals surface area contributed by atoms with Crippen LogP contribution in [0.3, 0.4) is 0 Å². The van der Waals surface area contributed by atoms with Crippen LogP contribution in [0.4, 0.5) is 5.69 Å². The summed E-state index contributed by atoms with van der Waals surface area (Å²) in [5.74, 6) is 0.589. The molecule has 3 rings (SSSR count). The van der Waals surface area contributed by atoms with Crippen LogP contribution in [0.15, 0.2) is 34.8 Å². The number of hydrogen-bond donors (Lipinski definition) is 1. The number of rotatable bonds is 5. The van der Waals surface area contributed by atoms with Gasteiger partial charge >= 0.3 is 0 Å². The molecule has 1 amide bonds. The van der Waals surface area contributed by atoms with Crippen molar-refractivity contribution in [2.45, 2.75) is 39.7 Å². The first-order valence-corrected chi connectivity index (χ1v) is 9.66. The van der Waals surface area contributed by atoms with Gasteiger partial charge in [0.15, 0.2) is 0 Å². The zero-order valence-electron chi connectivity index (χ0n) is 15.4. The molecule has 1 aliphatic heterocycles. The van der Waals surface area contributed by atoms with Crippen molar-refractivity contribution in [2.75, 3.05) is 18.5 Å². The SMILES string of the molecule is Cc1cc(C)c(NC(=O)c2ccc(OCC3CCCO3)c(Br)c2)c(C)c1. The molecule has 1 atom stereocenters. The van der Waals surface area contributed by atoms with E-state index in [1.54, 1.807) is 12.1 Å². The number of amides is 1. The van der Waals surface area contributed by atoms with E-state index in [1.807, 2.05) is 19.9 Å². The standard InChI is InChI=1S/C21H24BrNO3/c1-13-9-14(2)20(15(3)10-13)23-21(24)16-6-7-19(18(22)11-16)26-12-17-5-4-8-25-17/h6-7,9-11,17H,4-5,8,12H2,1-3H3,(H,23,24). The van der Waals surface area contributed by atoms with Crippen LogP contribution < -0.4 is 10.1 Å². The Bertz CT molecular complexity index is 790. The monoisotopic (exact) mass is 417 g/mol. The second-order valence-electron chi connectivity index (χ2n) is 6.82. The van der Waals surface area contributed by atoms with Crippen molar-refractivity contribution in [2.24, 2.45) is 0 Å². The Balaban J connectivity index is 1.69. The van der Waals surface area contributed by atoms with Crippen LogP contribution in [0.25, 0.3) is 0 Å². The summed E-state index contributed by atoms with van der Waals surface area (Å²) in [5.41, 5.74) is 4.77. The molecular weight excluding hydrogens is 394 g/mol. The number of anilines is 1. The van der Waals surface area contributed by atoms with Crippen molar-refractivity contribution in [3.8, 4) is 5.75 Å². The smallest absolute Gasteiger partial charge is 0.255 e. The Labute approximate surface area is 163 Å². The Morgan fingerprint density at radius 1 is 1.23 bits per heavy atom. The number of aryl methyl sites for hydroxylation is 3. The van der Waals surface area contributed by atoms with Gasteiger partial charge in [-0.2, -0.15) is 0 Å². The minimum absolute atomic E-state index is 0.133. The molecular formula is C21H24BrNO3. The summed E-state index contributed by atoms with van der Waals surface area (Å²) in [5, 5.41) is 3.02. The lowest BCUT2D eigenvalue weighted by Gasteiger charge is -2.15. The zero-order chi connectivity index (χ0) is 18.7. The first-order valence-electron chi connectivity index (χ1n) is 8.87. The molecule has 1 aliphatic rings. The molecule has 0 saturated carbocycles. The van der Waals surface area contributed by atoms with Gasteiger partial charge in [-0.1, -0.05) is 17.7 Å². The molecule has 26 heavy (non-hydrogen) atoms. The van der Waals surface area contributed by atoms with Gasteiger partial charge in [-0.05, 0) is 78.9 Å². The minimum Gasteiger partial charge on any atom is -0.490 e. The van der Waals surface area contributed by atoms with E-state index in [1.165, 1.54) is 5.56 Å². The summed E-state index contributed by atoms with van der Waals surface area (Å²) in [6, 6.07) is 9.53. The van der Waals surface area contributed by atoms with Gasteiger partial charge in [-0.25, -0.2) is 0 Å². The van der Waals surface area contributed by atoms with Crippen molar-refractivity contribution in [3.05, 3.63) is 57.1 Å². The van der Waals surface area contributed by atoms with E-state index < -0.39 is 0 Å². The third kappa shape index (κ3) is 4.46. The second kappa shape index (κ2) is 8.23. The highest BCUT2D eigenvalue weighted by atomic mass is 79.9. The van der Waals surface area contributed by atoms with E-state index >= 15 is 0 Å². The van der Waals surface area contributed by atoms with Gasteiger partial charge in [0, 0.05) is 17.9 Å². The lowest BCUT2D eigenvalue weighted by Crippen LogP contribution is -2.17. The topological polar surface area (TPSA) is 47.6 Å². The lowest BCUT2D eigenvalue weighted by molar-refractivity contribution is 0.0677. The largest absolute Gasteiger partial charge is 0.490 e. The van der Waals surface area contributed by atoms with E-state index in [-0.39, 0.29) is 12.0 Å². The average molecular weight is 418 g/mol. The summed E-state index contributed by atoms with van der Waals surface area (Å²) in [7, 11) is 0. The fourth-order valence-corrected chi connectivity index (χ4v) is 3.77. The number of ether oxygens (including phenoxy) is 2. The predicted octanol–water partition coefficient (Wildman–Crippen LogP) is 5.18. The van der Waals surface area contributed by atoms with Gasteiger partial charge in [0.2, 0.25) is 0 Å². The summed E-state index contributed by atoms with van der Waals surface area (Å²) in [6.45, 7) is 7.41. The van der Waals surface area contributed by atoms with Gasteiger partial charge in [0.05, 0.1) is 10.6 Å². The number of carbonyl (C=O) groups is 1. The Kier molecular flexibility index (Phi) is 5.99. The van der Waals surface area contributed by atoms with Crippen molar-refractivity contribution >= 4 is 27.5 Å². The van der Waals surface area contributed by atoms with E-state index in [0.29, 0.717) is 12.2 Å². The van der Waals surface area contributed by atoms with E-state index in [4.69, 9.17) is 9.47 Å². The molecule has 1 saturated heterocycles. The van der Waals surface area contributed by atoms with Crippen LogP contribution >= 0.6 is 15.9 Å². The van der Waals surface area contributed by atoms with Gasteiger partial charge < -0.3 is 14.8 Å². The van der Waals surface area contributed by atoms with Crippen LogP contribution in [0.5, 0.6) is 5.75 Å². The highest BCUT2D eigenvalue weighted by molar-refractivity contribution is 9.10. The van der Waals surface area contributed by atoms with Gasteiger partial charge in [-0.3, -0.25) is 4.79 Å². The third-order valence-corrected chi connectivity index (χ3v) is 5.18. The van der Waals surface area contributed by atoms with Gasteiger partial charge in [-0.15, -0.1) is 0 Å². The number of halogens is 1. The average Bonchev–Trinajstić information content (AvgIpc) is 3.10. The van der Waals surface area contributed by atoms with Crippen LogP contribution in [0.1, 0.15) is 39.9 Å². The van der Waals surface area contributed by atoms with Crippen LogP contribution in [0.2, 0.25) is 0 Å². The predicted molar refractivity (Wildman–Crippen MR) is 107 cm³/mol. The Hall–Kier alpha value is -1.85. The van der Waals surface area contributed by atoms with E-state index in [2.05, 4.69) is 40.3 Å². The molecule has 0 spiro atoms. The molecule has 0 bridgehead atoms. The normalized spacial score (nSPS) is 16.5. The molecule has 138 valence electrons. The van der Waals surface area contributed by atoms with E-state index in [9.17, 15) is 4.79 Å². The molecule has 1 unspecified atom stereocenters. The number of carbonyl (C=O) groups excluding carboxylic acids is 1. The second-order valence-corrected chi connectivity index (χ2v) is 7.67. The van der Waals surface area contributed by atoms with E-state index in [0.717, 1.165) is 46.5 Å². The summed E-state index contributed by atoms with van der Waals surface area (Å²) >= 11 is 3.50. The van der Waals surface area contributed by atoms with Crippen molar-refractivity contribution in [1.82, 2.24) is 0 Å². The van der Waals surface area contributed by atoms with Gasteiger partial charge in [0.1, 0.15) is 12.4 Å².